The summed E-state index contributed by atoms with van der Waals surface area (Å²) < 4.78 is 6.24. The van der Waals surface area contributed by atoms with E-state index in [0.29, 0.717) is 18.5 Å². The van der Waals surface area contributed by atoms with E-state index in [1.807, 2.05) is 18.2 Å². The van der Waals surface area contributed by atoms with Crippen LogP contribution in [0.1, 0.15) is 37.7 Å². The first-order chi connectivity index (χ1) is 9.69. The topological polar surface area (TPSA) is 59.6 Å². The Morgan fingerprint density at radius 3 is 2.85 bits per heavy atom. The Hall–Kier alpha value is -1.23. The Morgan fingerprint density at radius 1 is 1.40 bits per heavy atom. The van der Waals surface area contributed by atoms with E-state index in [1.54, 1.807) is 7.11 Å². The highest BCUT2D eigenvalue weighted by Gasteiger charge is 2.13. The van der Waals surface area contributed by atoms with Crippen LogP contribution >= 0.6 is 15.9 Å². The highest BCUT2D eigenvalue weighted by Crippen LogP contribution is 2.23. The summed E-state index contributed by atoms with van der Waals surface area (Å²) in [7, 11) is 1.66. The van der Waals surface area contributed by atoms with E-state index < -0.39 is 0 Å². The van der Waals surface area contributed by atoms with E-state index in [0.717, 1.165) is 15.8 Å². The van der Waals surface area contributed by atoms with Crippen LogP contribution in [-0.4, -0.2) is 19.1 Å². The normalized spacial score (nSPS) is 17.0. The Balaban J connectivity index is 1.93. The fraction of sp³-hybridized carbons (Fsp3) is 0.533. The number of aliphatic imine (C=N–C) groups is 1. The number of ether oxygens (including phenoxy) is 1. The van der Waals surface area contributed by atoms with Gasteiger partial charge in [-0.3, -0.25) is 0 Å². The third kappa shape index (κ3) is 4.40. The summed E-state index contributed by atoms with van der Waals surface area (Å²) >= 11 is 3.52. The molecule has 0 unspecified atom stereocenters. The standard InChI is InChI=1S/C15H22BrN3O/c1-20-13-7-8-14(16)11(9-13)10-18-15(17)19-12-5-3-2-4-6-12/h7-9,12H,2-6,10H2,1H3,(H3,17,18,19). The van der Waals surface area contributed by atoms with Crippen molar-refractivity contribution >= 4 is 21.9 Å². The summed E-state index contributed by atoms with van der Waals surface area (Å²) in [6.45, 7) is 0.545. The van der Waals surface area contributed by atoms with E-state index in [4.69, 9.17) is 10.5 Å². The molecule has 1 aromatic rings. The van der Waals surface area contributed by atoms with E-state index >= 15 is 0 Å². The van der Waals surface area contributed by atoms with Crippen LogP contribution in [0, 0.1) is 0 Å². The zero-order valence-corrected chi connectivity index (χ0v) is 13.4. The maximum Gasteiger partial charge on any atom is 0.189 e. The largest absolute Gasteiger partial charge is 0.497 e. The minimum Gasteiger partial charge on any atom is -0.497 e. The van der Waals surface area contributed by atoms with Crippen molar-refractivity contribution < 1.29 is 4.74 Å². The molecule has 1 saturated carbocycles. The molecule has 20 heavy (non-hydrogen) atoms. The van der Waals surface area contributed by atoms with Gasteiger partial charge in [-0.05, 0) is 36.6 Å². The summed E-state index contributed by atoms with van der Waals surface area (Å²) in [6.07, 6.45) is 6.29. The van der Waals surface area contributed by atoms with Gasteiger partial charge in [0.25, 0.3) is 0 Å². The molecule has 0 atom stereocenters. The molecule has 2 rings (SSSR count). The minimum atomic E-state index is 0.487. The van der Waals surface area contributed by atoms with Crippen LogP contribution < -0.4 is 15.8 Å². The van der Waals surface area contributed by atoms with Crippen molar-refractivity contribution in [3.63, 3.8) is 0 Å². The van der Waals surface area contributed by atoms with Gasteiger partial charge >= 0.3 is 0 Å². The average molecular weight is 340 g/mol. The lowest BCUT2D eigenvalue weighted by molar-refractivity contribution is 0.412. The molecule has 0 spiro atoms. The van der Waals surface area contributed by atoms with Crippen LogP contribution in [0.25, 0.3) is 0 Å². The predicted molar refractivity (Wildman–Crippen MR) is 86.0 cm³/mol. The number of halogens is 1. The second-order valence-corrected chi connectivity index (χ2v) is 5.99. The van der Waals surface area contributed by atoms with E-state index in [9.17, 15) is 0 Å². The van der Waals surface area contributed by atoms with Crippen molar-refractivity contribution in [1.29, 1.82) is 0 Å². The Kier molecular flexibility index (Phi) is 5.71. The lowest BCUT2D eigenvalue weighted by atomic mass is 9.96. The Morgan fingerprint density at radius 2 is 2.15 bits per heavy atom. The van der Waals surface area contributed by atoms with Gasteiger partial charge in [-0.15, -0.1) is 0 Å². The van der Waals surface area contributed by atoms with E-state index in [2.05, 4.69) is 26.2 Å². The third-order valence-electron chi connectivity index (χ3n) is 3.63. The van der Waals surface area contributed by atoms with Gasteiger partial charge < -0.3 is 15.8 Å². The Bertz CT molecular complexity index is 470. The quantitative estimate of drug-likeness (QED) is 0.654. The summed E-state index contributed by atoms with van der Waals surface area (Å²) in [5.41, 5.74) is 7.03. The monoisotopic (exact) mass is 339 g/mol. The number of nitrogens with zero attached hydrogens (tertiary/aromatic N) is 1. The van der Waals surface area contributed by atoms with Gasteiger partial charge in [0.1, 0.15) is 5.75 Å². The van der Waals surface area contributed by atoms with Gasteiger partial charge in [-0.2, -0.15) is 0 Å². The van der Waals surface area contributed by atoms with E-state index in [1.165, 1.54) is 32.1 Å². The van der Waals surface area contributed by atoms with Gasteiger partial charge in [-0.1, -0.05) is 35.2 Å². The van der Waals surface area contributed by atoms with Crippen molar-refractivity contribution in [2.45, 2.75) is 44.7 Å². The molecule has 0 radical (unpaired) electrons. The molecule has 0 amide bonds. The molecule has 1 aliphatic rings. The lowest BCUT2D eigenvalue weighted by Gasteiger charge is -2.23. The van der Waals surface area contributed by atoms with Crippen LogP contribution in [-0.2, 0) is 6.54 Å². The molecule has 0 aliphatic heterocycles. The molecule has 1 aliphatic carbocycles. The van der Waals surface area contributed by atoms with Crippen LogP contribution in [0.2, 0.25) is 0 Å². The zero-order chi connectivity index (χ0) is 14.4. The first-order valence-corrected chi connectivity index (χ1v) is 7.87. The second-order valence-electron chi connectivity index (χ2n) is 5.14. The molecular formula is C15H22BrN3O. The zero-order valence-electron chi connectivity index (χ0n) is 11.9. The van der Waals surface area contributed by atoms with Gasteiger partial charge in [0.15, 0.2) is 5.96 Å². The van der Waals surface area contributed by atoms with Crippen molar-refractivity contribution in [3.8, 4) is 5.75 Å². The fourth-order valence-electron chi connectivity index (χ4n) is 2.47. The number of guanidine groups is 1. The molecule has 110 valence electrons. The summed E-state index contributed by atoms with van der Waals surface area (Å²) in [5.74, 6) is 1.36. The second kappa shape index (κ2) is 7.53. The minimum absolute atomic E-state index is 0.487. The maximum absolute atomic E-state index is 5.97. The molecule has 0 heterocycles. The molecule has 1 aromatic carbocycles. The molecule has 3 N–H and O–H groups in total. The fourth-order valence-corrected chi connectivity index (χ4v) is 2.84. The molecular weight excluding hydrogens is 318 g/mol. The number of nitrogens with one attached hydrogen (secondary N) is 1. The van der Waals surface area contributed by atoms with Crippen LogP contribution in [0.15, 0.2) is 27.7 Å². The molecule has 0 aromatic heterocycles. The highest BCUT2D eigenvalue weighted by molar-refractivity contribution is 9.10. The number of rotatable bonds is 4. The van der Waals surface area contributed by atoms with Crippen molar-refractivity contribution in [3.05, 3.63) is 28.2 Å². The van der Waals surface area contributed by atoms with Gasteiger partial charge in [-0.25, -0.2) is 4.99 Å². The van der Waals surface area contributed by atoms with Gasteiger partial charge in [0, 0.05) is 10.5 Å². The summed E-state index contributed by atoms with van der Waals surface area (Å²) in [6, 6.07) is 6.35. The number of hydrogen-bond acceptors (Lipinski definition) is 2. The Labute approximate surface area is 128 Å². The molecule has 0 saturated heterocycles. The van der Waals surface area contributed by atoms with Crippen molar-refractivity contribution in [1.82, 2.24) is 5.32 Å². The predicted octanol–water partition coefficient (Wildman–Crippen LogP) is 3.19. The van der Waals surface area contributed by atoms with Crippen molar-refractivity contribution in [2.75, 3.05) is 7.11 Å². The summed E-state index contributed by atoms with van der Waals surface area (Å²) in [5, 5.41) is 3.32. The molecule has 5 heteroatoms. The number of hydrogen-bond donors (Lipinski definition) is 2. The molecule has 1 fully saturated rings. The van der Waals surface area contributed by atoms with Crippen molar-refractivity contribution in [2.24, 2.45) is 10.7 Å². The third-order valence-corrected chi connectivity index (χ3v) is 4.40. The number of benzene rings is 1. The highest BCUT2D eigenvalue weighted by atomic mass is 79.9. The average Bonchev–Trinajstić information content (AvgIpc) is 2.47. The molecule has 4 nitrogen and oxygen atoms in total. The van der Waals surface area contributed by atoms with Crippen LogP contribution in [0.3, 0.4) is 0 Å². The summed E-state index contributed by atoms with van der Waals surface area (Å²) in [4.78, 5) is 4.42. The van der Waals surface area contributed by atoms with Crippen LogP contribution in [0.5, 0.6) is 5.75 Å². The van der Waals surface area contributed by atoms with Crippen LogP contribution in [0.4, 0.5) is 0 Å². The SMILES string of the molecule is COc1ccc(Br)c(CN=C(N)NC2CCCCC2)c1. The first kappa shape index (κ1) is 15.2. The van der Waals surface area contributed by atoms with E-state index in [-0.39, 0.29) is 0 Å². The van der Waals surface area contributed by atoms with Gasteiger partial charge in [0.2, 0.25) is 0 Å². The lowest BCUT2D eigenvalue weighted by Crippen LogP contribution is -2.41. The number of methoxy groups -OCH3 is 1. The number of nitrogens with two attached hydrogens (primary N) is 1. The van der Waals surface area contributed by atoms with Gasteiger partial charge in [0.05, 0.1) is 13.7 Å². The maximum atomic E-state index is 5.97. The molecule has 0 bridgehead atoms. The smallest absolute Gasteiger partial charge is 0.189 e. The first-order valence-electron chi connectivity index (χ1n) is 7.08.